The molecule has 1 aromatic carbocycles. The van der Waals surface area contributed by atoms with E-state index in [0.717, 1.165) is 27.7 Å². The zero-order valence-corrected chi connectivity index (χ0v) is 11.0. The monoisotopic (exact) mass is 297 g/mol. The fraction of sp³-hybridized carbons (Fsp3) is 0.417. The maximum absolute atomic E-state index is 12.1. The van der Waals surface area contributed by atoms with Gasteiger partial charge in [-0.15, -0.1) is 0 Å². The molecular formula is C12H12BrNO3. The zero-order chi connectivity index (χ0) is 12.0. The number of halogens is 1. The van der Waals surface area contributed by atoms with Crippen molar-refractivity contribution in [3.8, 4) is 0 Å². The van der Waals surface area contributed by atoms with E-state index in [2.05, 4.69) is 21.2 Å². The summed E-state index contributed by atoms with van der Waals surface area (Å²) < 4.78 is 12.2. The topological polar surface area (TPSA) is 47.6 Å². The molecule has 0 bridgehead atoms. The van der Waals surface area contributed by atoms with Crippen LogP contribution in [0.5, 0.6) is 0 Å². The van der Waals surface area contributed by atoms with Crippen molar-refractivity contribution in [2.75, 3.05) is 18.5 Å². The van der Waals surface area contributed by atoms with Crippen molar-refractivity contribution in [2.45, 2.75) is 19.1 Å². The minimum absolute atomic E-state index is 0.228. The molecule has 4 nitrogen and oxygen atoms in total. The van der Waals surface area contributed by atoms with E-state index in [-0.39, 0.29) is 5.91 Å². The van der Waals surface area contributed by atoms with Gasteiger partial charge in [-0.2, -0.15) is 0 Å². The van der Waals surface area contributed by atoms with Crippen LogP contribution in [-0.4, -0.2) is 19.1 Å². The van der Waals surface area contributed by atoms with E-state index in [4.69, 9.17) is 9.47 Å². The van der Waals surface area contributed by atoms with Crippen LogP contribution < -0.4 is 5.32 Å². The quantitative estimate of drug-likeness (QED) is 0.799. The molecule has 1 fully saturated rings. The van der Waals surface area contributed by atoms with E-state index in [1.165, 1.54) is 0 Å². The van der Waals surface area contributed by atoms with Gasteiger partial charge in [0.15, 0.2) is 0 Å². The second kappa shape index (κ2) is 3.80. The first-order valence-corrected chi connectivity index (χ1v) is 6.33. The van der Waals surface area contributed by atoms with E-state index >= 15 is 0 Å². The van der Waals surface area contributed by atoms with Gasteiger partial charge in [0.25, 0.3) is 11.7 Å². The van der Waals surface area contributed by atoms with Crippen molar-refractivity contribution in [2.24, 2.45) is 0 Å². The first kappa shape index (κ1) is 11.2. The van der Waals surface area contributed by atoms with Crippen LogP contribution in [-0.2, 0) is 20.1 Å². The van der Waals surface area contributed by atoms with Gasteiger partial charge in [0.05, 0.1) is 18.9 Å². The summed E-state index contributed by atoms with van der Waals surface area (Å²) in [6.07, 6.45) is 0.817. The molecule has 90 valence electrons. The molecule has 1 N–H and O–H groups in total. The third-order valence-electron chi connectivity index (χ3n) is 3.09. The Morgan fingerprint density at radius 3 is 2.76 bits per heavy atom. The smallest absolute Gasteiger partial charge is 0.289 e. The fourth-order valence-electron chi connectivity index (χ4n) is 2.31. The lowest BCUT2D eigenvalue weighted by molar-refractivity contribution is -0.255. The van der Waals surface area contributed by atoms with Crippen molar-refractivity contribution in [3.05, 3.63) is 27.7 Å². The highest BCUT2D eigenvalue weighted by molar-refractivity contribution is 9.10. The number of ether oxygens (including phenoxy) is 2. The van der Waals surface area contributed by atoms with Gasteiger partial charge in [0, 0.05) is 10.0 Å². The molecule has 1 amide bonds. The molecule has 0 atom stereocenters. The Balaban J connectivity index is 2.18. The van der Waals surface area contributed by atoms with Crippen molar-refractivity contribution >= 4 is 27.5 Å². The van der Waals surface area contributed by atoms with Gasteiger partial charge in [-0.3, -0.25) is 4.79 Å². The number of nitrogens with one attached hydrogen (secondary N) is 1. The number of hydrogen-bond donors (Lipinski definition) is 1. The van der Waals surface area contributed by atoms with Crippen molar-refractivity contribution < 1.29 is 14.3 Å². The van der Waals surface area contributed by atoms with Crippen LogP contribution in [0.1, 0.15) is 17.5 Å². The minimum atomic E-state index is -1.23. The Morgan fingerprint density at radius 2 is 2.06 bits per heavy atom. The summed E-state index contributed by atoms with van der Waals surface area (Å²) in [6, 6.07) is 3.84. The largest absolute Gasteiger partial charge is 0.338 e. The Bertz CT molecular complexity index is 495. The summed E-state index contributed by atoms with van der Waals surface area (Å²) >= 11 is 3.44. The maximum Gasteiger partial charge on any atom is 0.289 e. The van der Waals surface area contributed by atoms with Crippen LogP contribution in [0, 0.1) is 6.92 Å². The minimum Gasteiger partial charge on any atom is -0.338 e. The van der Waals surface area contributed by atoms with E-state index in [9.17, 15) is 4.79 Å². The van der Waals surface area contributed by atoms with E-state index in [0.29, 0.717) is 13.2 Å². The predicted molar refractivity (Wildman–Crippen MR) is 65.7 cm³/mol. The summed E-state index contributed by atoms with van der Waals surface area (Å²) in [5, 5.41) is 2.84. The Hall–Kier alpha value is -0.910. The Morgan fingerprint density at radius 1 is 1.35 bits per heavy atom. The molecular weight excluding hydrogens is 286 g/mol. The number of aryl methyl sites for hydroxylation is 1. The highest BCUT2D eigenvalue weighted by atomic mass is 79.9. The molecule has 0 radical (unpaired) electrons. The molecule has 2 heterocycles. The van der Waals surface area contributed by atoms with Gasteiger partial charge < -0.3 is 14.8 Å². The van der Waals surface area contributed by atoms with Crippen molar-refractivity contribution in [3.63, 3.8) is 0 Å². The molecule has 2 aliphatic rings. The van der Waals surface area contributed by atoms with Gasteiger partial charge in [-0.1, -0.05) is 15.9 Å². The van der Waals surface area contributed by atoms with Crippen LogP contribution in [0.4, 0.5) is 5.69 Å². The second-order valence-electron chi connectivity index (χ2n) is 4.27. The van der Waals surface area contributed by atoms with Crippen LogP contribution in [0.15, 0.2) is 16.6 Å². The molecule has 5 heteroatoms. The molecule has 0 saturated carbocycles. The lowest BCUT2D eigenvalue weighted by Gasteiger charge is -2.31. The lowest BCUT2D eigenvalue weighted by atomic mass is 10.0. The Kier molecular flexibility index (Phi) is 2.50. The number of carbonyl (C=O) groups is 1. The summed E-state index contributed by atoms with van der Waals surface area (Å²) in [7, 11) is 0. The number of hydrogen-bond acceptors (Lipinski definition) is 3. The van der Waals surface area contributed by atoms with E-state index < -0.39 is 5.79 Å². The number of carbonyl (C=O) groups excluding carboxylic acids is 1. The third kappa shape index (κ3) is 1.53. The molecule has 17 heavy (non-hydrogen) atoms. The number of benzene rings is 1. The SMILES string of the molecule is Cc1cc(Br)cc2c1NC(=O)C21OCCCO1. The van der Waals surface area contributed by atoms with Gasteiger partial charge in [-0.05, 0) is 31.0 Å². The summed E-state index contributed by atoms with van der Waals surface area (Å²) in [5.74, 6) is -1.46. The highest BCUT2D eigenvalue weighted by Crippen LogP contribution is 2.44. The number of anilines is 1. The van der Waals surface area contributed by atoms with Crippen LogP contribution in [0.25, 0.3) is 0 Å². The van der Waals surface area contributed by atoms with Crippen LogP contribution in [0.3, 0.4) is 0 Å². The van der Waals surface area contributed by atoms with Crippen LogP contribution >= 0.6 is 15.9 Å². The standard InChI is InChI=1S/C12H12BrNO3/c1-7-5-8(13)6-9-10(7)14-11(15)12(9)16-3-2-4-17-12/h5-6H,2-4H2,1H3,(H,14,15). The normalized spacial score (nSPS) is 21.4. The van der Waals surface area contributed by atoms with Crippen molar-refractivity contribution in [1.29, 1.82) is 0 Å². The molecule has 2 aliphatic heterocycles. The first-order valence-electron chi connectivity index (χ1n) is 5.53. The van der Waals surface area contributed by atoms with Gasteiger partial charge in [0.1, 0.15) is 0 Å². The van der Waals surface area contributed by atoms with Gasteiger partial charge in [-0.25, -0.2) is 0 Å². The predicted octanol–water partition coefficient (Wildman–Crippen LogP) is 2.30. The molecule has 0 aromatic heterocycles. The number of fused-ring (bicyclic) bond motifs is 2. The molecule has 1 aromatic rings. The van der Waals surface area contributed by atoms with Gasteiger partial charge in [0.2, 0.25) is 0 Å². The molecule has 0 aliphatic carbocycles. The van der Waals surface area contributed by atoms with Crippen molar-refractivity contribution in [1.82, 2.24) is 0 Å². The third-order valence-corrected chi connectivity index (χ3v) is 3.55. The summed E-state index contributed by atoms with van der Waals surface area (Å²) in [5.41, 5.74) is 2.58. The molecule has 1 spiro atoms. The average molecular weight is 298 g/mol. The lowest BCUT2D eigenvalue weighted by Crippen LogP contribution is -2.43. The summed E-state index contributed by atoms with van der Waals surface area (Å²) in [6.45, 7) is 3.03. The number of amides is 1. The molecule has 1 saturated heterocycles. The van der Waals surface area contributed by atoms with Gasteiger partial charge >= 0.3 is 0 Å². The maximum atomic E-state index is 12.1. The summed E-state index contributed by atoms with van der Waals surface area (Å²) in [4.78, 5) is 12.1. The Labute approximate surface area is 107 Å². The zero-order valence-electron chi connectivity index (χ0n) is 9.38. The average Bonchev–Trinajstić information content (AvgIpc) is 2.56. The number of rotatable bonds is 0. The molecule has 3 rings (SSSR count). The molecule has 0 unspecified atom stereocenters. The fourth-order valence-corrected chi connectivity index (χ4v) is 2.88. The van der Waals surface area contributed by atoms with Crippen LogP contribution in [0.2, 0.25) is 0 Å². The van der Waals surface area contributed by atoms with E-state index in [1.807, 2.05) is 19.1 Å². The highest BCUT2D eigenvalue weighted by Gasteiger charge is 2.51. The second-order valence-corrected chi connectivity index (χ2v) is 5.18. The first-order chi connectivity index (χ1) is 8.13. The van der Waals surface area contributed by atoms with E-state index in [1.54, 1.807) is 0 Å².